The van der Waals surface area contributed by atoms with E-state index in [0.717, 1.165) is 25.4 Å². The predicted molar refractivity (Wildman–Crippen MR) is 121 cm³/mol. The van der Waals surface area contributed by atoms with Gasteiger partial charge in [-0.25, -0.2) is 15.0 Å². The van der Waals surface area contributed by atoms with E-state index in [9.17, 15) is 23.4 Å². The van der Waals surface area contributed by atoms with Crippen molar-refractivity contribution in [3.8, 4) is 11.5 Å². The molecular weight excluding hydrogens is 465 g/mol. The van der Waals surface area contributed by atoms with Crippen LogP contribution >= 0.6 is 0 Å². The second kappa shape index (κ2) is 9.66. The molecular formula is C22H27F3N8O2. The van der Waals surface area contributed by atoms with E-state index in [2.05, 4.69) is 35.6 Å². The molecule has 35 heavy (non-hydrogen) atoms. The number of hydrogen-bond donors (Lipinski definition) is 4. The summed E-state index contributed by atoms with van der Waals surface area (Å²) in [6.45, 7) is 3.61. The molecule has 2 aliphatic rings. The first-order valence-electron chi connectivity index (χ1n) is 11.4. The maximum Gasteiger partial charge on any atom is 0.417 e. The van der Waals surface area contributed by atoms with E-state index in [1.54, 1.807) is 12.3 Å². The number of hydrazine groups is 1. The summed E-state index contributed by atoms with van der Waals surface area (Å²) in [7, 11) is 0. The minimum Gasteiger partial charge on any atom is -0.394 e. The second-order valence-corrected chi connectivity index (χ2v) is 8.89. The van der Waals surface area contributed by atoms with Gasteiger partial charge in [0.1, 0.15) is 17.2 Å². The van der Waals surface area contributed by atoms with Crippen LogP contribution < -0.4 is 15.8 Å². The van der Waals surface area contributed by atoms with Gasteiger partial charge in [-0.2, -0.15) is 13.2 Å². The number of anilines is 1. The van der Waals surface area contributed by atoms with Gasteiger partial charge in [0, 0.05) is 63.6 Å². The topological polar surface area (TPSA) is 114 Å². The second-order valence-electron chi connectivity index (χ2n) is 8.89. The number of hydrogen-bond acceptors (Lipinski definition) is 9. The fourth-order valence-electron chi connectivity index (χ4n) is 4.77. The molecule has 0 amide bonds. The van der Waals surface area contributed by atoms with Gasteiger partial charge in [-0.05, 0) is 18.2 Å². The van der Waals surface area contributed by atoms with E-state index < -0.39 is 17.8 Å². The Kier molecular flexibility index (Phi) is 6.59. The molecule has 0 bridgehead atoms. The first kappa shape index (κ1) is 23.9. The summed E-state index contributed by atoms with van der Waals surface area (Å²) in [5.74, 6) is 1.25. The van der Waals surface area contributed by atoms with Crippen LogP contribution in [0.5, 0.6) is 0 Å². The van der Waals surface area contributed by atoms with Crippen molar-refractivity contribution < 1.29 is 23.4 Å². The highest BCUT2D eigenvalue weighted by atomic mass is 19.4. The molecule has 2 unspecified atom stereocenters. The number of alkyl halides is 3. The molecule has 0 aromatic carbocycles. The zero-order chi connectivity index (χ0) is 24.6. The normalized spacial score (nSPS) is 21.2. The Morgan fingerprint density at radius 2 is 1.91 bits per heavy atom. The average Bonchev–Trinajstić information content (AvgIpc) is 3.53. The smallest absolute Gasteiger partial charge is 0.394 e. The molecule has 2 atom stereocenters. The number of aromatic nitrogens is 4. The number of nitrogens with one attached hydrogen (secondary N) is 2. The van der Waals surface area contributed by atoms with Crippen LogP contribution in [0.3, 0.4) is 0 Å². The van der Waals surface area contributed by atoms with Gasteiger partial charge in [-0.15, -0.1) is 0 Å². The minimum atomic E-state index is -4.47. The first-order chi connectivity index (χ1) is 16.8. The van der Waals surface area contributed by atoms with Gasteiger partial charge < -0.3 is 15.1 Å². The summed E-state index contributed by atoms with van der Waals surface area (Å²) in [4.78, 5) is 17.5. The van der Waals surface area contributed by atoms with Crippen LogP contribution in [0, 0.1) is 5.92 Å². The van der Waals surface area contributed by atoms with E-state index in [4.69, 9.17) is 0 Å². The Morgan fingerprint density at radius 3 is 2.66 bits per heavy atom. The third kappa shape index (κ3) is 4.95. The number of piperazine rings is 1. The minimum absolute atomic E-state index is 0.107. The van der Waals surface area contributed by atoms with Gasteiger partial charge in [0.15, 0.2) is 5.82 Å². The Morgan fingerprint density at radius 1 is 1.11 bits per heavy atom. The third-order valence-electron chi connectivity index (χ3n) is 6.61. The Hall–Kier alpha value is -2.84. The summed E-state index contributed by atoms with van der Waals surface area (Å²) in [6, 6.07) is 4.22. The molecule has 13 heteroatoms. The van der Waals surface area contributed by atoms with Gasteiger partial charge in [-0.1, -0.05) is 0 Å². The number of rotatable bonds is 6. The standard InChI is InChI=1S/C22H27F3N8O2/c23-22(24,25)15-1-2-19-27-9-17(33(19)10-15)21-26-4-3-20(30-21)32-6-5-31(11-16(35)13-34)18(12-32)14-7-28-29-8-14/h1-4,9-10,14,16,18,28-29,34-35H,5-8,11-13H2. The molecule has 5 heterocycles. The number of nitrogens with zero attached hydrogens (tertiary/aromatic N) is 6. The number of imidazole rings is 1. The molecule has 0 spiro atoms. The van der Waals surface area contributed by atoms with Crippen LogP contribution in [0.4, 0.5) is 19.0 Å². The van der Waals surface area contributed by atoms with Crippen molar-refractivity contribution in [3.05, 3.63) is 42.4 Å². The monoisotopic (exact) mass is 492 g/mol. The molecule has 0 saturated carbocycles. The zero-order valence-electron chi connectivity index (χ0n) is 18.9. The van der Waals surface area contributed by atoms with Gasteiger partial charge >= 0.3 is 6.18 Å². The molecule has 0 radical (unpaired) electrons. The largest absolute Gasteiger partial charge is 0.417 e. The van der Waals surface area contributed by atoms with Crippen LogP contribution in [0.2, 0.25) is 0 Å². The molecule has 188 valence electrons. The SMILES string of the molecule is OCC(O)CN1CCN(c2ccnc(-c3cnc4ccc(C(F)(F)F)cn34)n2)CC1C1CNNC1. The highest BCUT2D eigenvalue weighted by Gasteiger charge is 2.36. The number of pyridine rings is 1. The van der Waals surface area contributed by atoms with Crippen molar-refractivity contribution in [3.63, 3.8) is 0 Å². The lowest BCUT2D eigenvalue weighted by Gasteiger charge is -2.44. The van der Waals surface area contributed by atoms with Gasteiger partial charge in [0.2, 0.25) is 0 Å². The highest BCUT2D eigenvalue weighted by Crippen LogP contribution is 2.31. The fraction of sp³-hybridized carbons (Fsp3) is 0.500. The zero-order valence-corrected chi connectivity index (χ0v) is 18.9. The van der Waals surface area contributed by atoms with Crippen molar-refractivity contribution in [2.45, 2.75) is 18.3 Å². The van der Waals surface area contributed by atoms with Crippen molar-refractivity contribution in [1.82, 2.24) is 35.1 Å². The maximum absolute atomic E-state index is 13.2. The van der Waals surface area contributed by atoms with E-state index in [1.807, 2.05) is 0 Å². The average molecular weight is 493 g/mol. The van der Waals surface area contributed by atoms with E-state index in [0.29, 0.717) is 49.3 Å². The van der Waals surface area contributed by atoms with E-state index >= 15 is 0 Å². The van der Waals surface area contributed by atoms with Crippen LogP contribution in [-0.4, -0.2) is 92.5 Å². The van der Waals surface area contributed by atoms with E-state index in [1.165, 1.54) is 16.7 Å². The van der Waals surface area contributed by atoms with Gasteiger partial charge in [0.25, 0.3) is 0 Å². The van der Waals surface area contributed by atoms with Crippen LogP contribution in [0.25, 0.3) is 17.2 Å². The van der Waals surface area contributed by atoms with Crippen LogP contribution in [-0.2, 0) is 6.18 Å². The molecule has 4 N–H and O–H groups in total. The summed E-state index contributed by atoms with van der Waals surface area (Å²) >= 11 is 0. The lowest BCUT2D eigenvalue weighted by atomic mass is 9.96. The summed E-state index contributed by atoms with van der Waals surface area (Å²) in [5.41, 5.74) is 6.27. The number of β-amino-alcohol motifs (C(OH)–C–C–N with tert-alkyl or cyclic N) is 1. The van der Waals surface area contributed by atoms with Crippen molar-refractivity contribution in [2.24, 2.45) is 5.92 Å². The molecule has 10 nitrogen and oxygen atoms in total. The first-order valence-corrected chi connectivity index (χ1v) is 11.4. The highest BCUT2D eigenvalue weighted by molar-refractivity contribution is 5.59. The molecule has 0 aliphatic carbocycles. The van der Waals surface area contributed by atoms with Crippen molar-refractivity contribution >= 4 is 11.5 Å². The predicted octanol–water partition coefficient (Wildman–Crippen LogP) is 0.378. The van der Waals surface area contributed by atoms with Crippen LogP contribution in [0.15, 0.2) is 36.8 Å². The lowest BCUT2D eigenvalue weighted by Crippen LogP contribution is -2.58. The van der Waals surface area contributed by atoms with Crippen LogP contribution in [0.1, 0.15) is 5.56 Å². The van der Waals surface area contributed by atoms with E-state index in [-0.39, 0.29) is 18.5 Å². The quantitative estimate of drug-likeness (QED) is 0.388. The van der Waals surface area contributed by atoms with Gasteiger partial charge in [0.05, 0.1) is 24.5 Å². The molecule has 5 rings (SSSR count). The molecule has 3 aromatic rings. The Bertz CT molecular complexity index is 1170. The molecule has 2 fully saturated rings. The lowest BCUT2D eigenvalue weighted by molar-refractivity contribution is -0.137. The maximum atomic E-state index is 13.2. The molecule has 2 aliphatic heterocycles. The number of aliphatic hydroxyl groups is 2. The number of halogens is 3. The van der Waals surface area contributed by atoms with Gasteiger partial charge in [-0.3, -0.25) is 20.2 Å². The fourth-order valence-corrected chi connectivity index (χ4v) is 4.77. The Balaban J connectivity index is 1.42. The summed E-state index contributed by atoms with van der Waals surface area (Å²) < 4.78 is 41.1. The number of aliphatic hydroxyl groups excluding tert-OH is 2. The van der Waals surface area contributed by atoms with Crippen molar-refractivity contribution in [1.29, 1.82) is 0 Å². The summed E-state index contributed by atoms with van der Waals surface area (Å²) in [6.07, 6.45) is -1.20. The number of fused-ring (bicyclic) bond motifs is 1. The molecule has 2 saturated heterocycles. The van der Waals surface area contributed by atoms with Crippen molar-refractivity contribution in [2.75, 3.05) is 50.8 Å². The Labute approximate surface area is 199 Å². The summed E-state index contributed by atoms with van der Waals surface area (Å²) in [5, 5.41) is 19.3. The molecule has 3 aromatic heterocycles. The third-order valence-corrected chi connectivity index (χ3v) is 6.61.